The maximum atomic E-state index is 7.02. The molecule has 1 aromatic heterocycles. The number of fused-ring (bicyclic) bond motifs is 5. The smallest absolute Gasteiger partial charge is 0.154 e. The van der Waals surface area contributed by atoms with Gasteiger partial charge in [0.15, 0.2) is 5.58 Å². The molecule has 2 heterocycles. The van der Waals surface area contributed by atoms with Crippen molar-refractivity contribution in [1.82, 2.24) is 0 Å². The van der Waals surface area contributed by atoms with Crippen LogP contribution in [0.2, 0.25) is 5.02 Å². The molecule has 0 aliphatic carbocycles. The Morgan fingerprint density at radius 3 is 2.05 bits per heavy atom. The largest absolute Gasteiger partial charge is 0.454 e. The molecular weight excluding hydrogens is 562 g/mol. The average molecular weight is 584 g/mol. The number of rotatable bonds is 4. The molecule has 0 saturated heterocycles. The first-order valence-electron chi connectivity index (χ1n) is 13.4. The molecule has 41 heavy (non-hydrogen) atoms. The van der Waals surface area contributed by atoms with Crippen LogP contribution in [0.5, 0.6) is 0 Å². The highest BCUT2D eigenvalue weighted by Gasteiger charge is 2.21. The van der Waals surface area contributed by atoms with E-state index in [2.05, 4.69) is 120 Å². The van der Waals surface area contributed by atoms with Crippen molar-refractivity contribution >= 4 is 74.1 Å². The van der Waals surface area contributed by atoms with Gasteiger partial charge < -0.3 is 9.32 Å². The number of para-hydroxylation sites is 2. The monoisotopic (exact) mass is 583 g/mol. The number of anilines is 3. The van der Waals surface area contributed by atoms with Crippen LogP contribution in [0.15, 0.2) is 157 Å². The van der Waals surface area contributed by atoms with Gasteiger partial charge in [-0.2, -0.15) is 0 Å². The van der Waals surface area contributed by atoms with E-state index in [1.54, 1.807) is 0 Å². The first-order chi connectivity index (χ1) is 20.2. The lowest BCUT2D eigenvalue weighted by atomic mass is 10.0. The highest BCUT2D eigenvalue weighted by molar-refractivity contribution is 8.05. The van der Waals surface area contributed by atoms with E-state index >= 15 is 0 Å². The first-order valence-corrected chi connectivity index (χ1v) is 15.4. The molecule has 6 aromatic carbocycles. The highest BCUT2D eigenvalue weighted by atomic mass is 35.5. The minimum absolute atomic E-state index is 0.628. The molecule has 0 atom stereocenters. The van der Waals surface area contributed by atoms with Crippen molar-refractivity contribution in [2.45, 2.75) is 19.6 Å². The van der Waals surface area contributed by atoms with E-state index in [4.69, 9.17) is 16.0 Å². The number of benzene rings is 6. The van der Waals surface area contributed by atoms with Gasteiger partial charge in [0.2, 0.25) is 0 Å². The molecule has 0 bridgehead atoms. The van der Waals surface area contributed by atoms with Crippen LogP contribution >= 0.6 is 35.1 Å². The number of hydrogen-bond acceptors (Lipinski definition) is 4. The molecule has 0 amide bonds. The van der Waals surface area contributed by atoms with Crippen molar-refractivity contribution < 1.29 is 4.42 Å². The molecule has 2 nitrogen and oxygen atoms in total. The molecule has 1 aliphatic rings. The fraction of sp³-hybridized carbons (Fsp3) is 0. The minimum atomic E-state index is 0.628. The van der Waals surface area contributed by atoms with Crippen molar-refractivity contribution in [2.24, 2.45) is 0 Å². The van der Waals surface area contributed by atoms with Gasteiger partial charge in [-0.15, -0.1) is 0 Å². The third-order valence-corrected chi connectivity index (χ3v) is 10.3. The fourth-order valence-corrected chi connectivity index (χ4v) is 8.03. The number of halogens is 1. The quantitative estimate of drug-likeness (QED) is 0.205. The first kappa shape index (κ1) is 24.7. The molecule has 5 heteroatoms. The topological polar surface area (TPSA) is 16.4 Å². The Labute approximate surface area is 251 Å². The van der Waals surface area contributed by atoms with E-state index in [0.29, 0.717) is 5.02 Å². The molecule has 8 rings (SSSR count). The number of nitrogens with zero attached hydrogens (tertiary/aromatic N) is 1. The van der Waals surface area contributed by atoms with Gasteiger partial charge in [0.05, 0.1) is 5.02 Å². The second kappa shape index (κ2) is 10.1. The summed E-state index contributed by atoms with van der Waals surface area (Å²) in [5.41, 5.74) is 6.81. The number of hydrogen-bond donors (Lipinski definition) is 0. The van der Waals surface area contributed by atoms with Crippen LogP contribution in [-0.4, -0.2) is 0 Å². The molecular formula is C36H22ClNOS2. The maximum absolute atomic E-state index is 7.02. The van der Waals surface area contributed by atoms with Gasteiger partial charge in [0, 0.05) is 53.0 Å². The van der Waals surface area contributed by atoms with E-state index in [1.165, 1.54) is 19.6 Å². The molecule has 0 saturated carbocycles. The SMILES string of the molecule is Clc1c(-c2cccc(N(c3ccccc3)c3ccc4c(c3)Sc3ccccc3S4)c2)ccc2c1oc1ccccc12. The van der Waals surface area contributed by atoms with Crippen molar-refractivity contribution in [1.29, 1.82) is 0 Å². The van der Waals surface area contributed by atoms with E-state index in [9.17, 15) is 0 Å². The third kappa shape index (κ3) is 4.31. The third-order valence-electron chi connectivity index (χ3n) is 7.39. The van der Waals surface area contributed by atoms with Crippen LogP contribution < -0.4 is 4.90 Å². The van der Waals surface area contributed by atoms with Crippen LogP contribution in [0.4, 0.5) is 17.1 Å². The zero-order valence-electron chi connectivity index (χ0n) is 21.8. The standard InChI is InChI=1S/C36H22ClNOS2/c37-35-27(18-19-29-28-13-4-5-14-30(28)39-36(29)35)23-9-8-12-25(21-23)38(24-10-2-1-3-11-24)26-17-20-33-34(22-26)41-32-16-7-6-15-31(32)40-33/h1-22H. The zero-order valence-corrected chi connectivity index (χ0v) is 24.1. The second-order valence-electron chi connectivity index (χ2n) is 9.91. The molecule has 196 valence electrons. The van der Waals surface area contributed by atoms with Crippen molar-refractivity contribution in [3.63, 3.8) is 0 Å². The van der Waals surface area contributed by atoms with Gasteiger partial charge in [-0.3, -0.25) is 0 Å². The Hall–Kier alpha value is -4.09. The zero-order chi connectivity index (χ0) is 27.3. The normalized spacial score (nSPS) is 12.3. The summed E-state index contributed by atoms with van der Waals surface area (Å²) in [6.07, 6.45) is 0. The van der Waals surface area contributed by atoms with Crippen LogP contribution in [0.1, 0.15) is 0 Å². The minimum Gasteiger partial charge on any atom is -0.454 e. The predicted molar refractivity (Wildman–Crippen MR) is 174 cm³/mol. The summed E-state index contributed by atoms with van der Waals surface area (Å²) < 4.78 is 6.19. The van der Waals surface area contributed by atoms with E-state index < -0.39 is 0 Å². The Balaban J connectivity index is 1.24. The van der Waals surface area contributed by atoms with Gasteiger partial charge in [0.25, 0.3) is 0 Å². The summed E-state index contributed by atoms with van der Waals surface area (Å²) in [4.78, 5) is 7.46. The summed E-state index contributed by atoms with van der Waals surface area (Å²) in [7, 11) is 0. The lowest BCUT2D eigenvalue weighted by Gasteiger charge is -2.28. The Bertz CT molecular complexity index is 2090. The summed E-state index contributed by atoms with van der Waals surface area (Å²) in [5, 5.41) is 2.73. The van der Waals surface area contributed by atoms with E-state index in [1.807, 2.05) is 41.7 Å². The van der Waals surface area contributed by atoms with Crippen molar-refractivity contribution in [2.75, 3.05) is 4.90 Å². The molecule has 0 unspecified atom stereocenters. The van der Waals surface area contributed by atoms with Crippen LogP contribution in [0, 0.1) is 0 Å². The maximum Gasteiger partial charge on any atom is 0.154 e. The van der Waals surface area contributed by atoms with Crippen molar-refractivity contribution in [3.8, 4) is 11.1 Å². The van der Waals surface area contributed by atoms with Gasteiger partial charge in [-0.1, -0.05) is 102 Å². The number of furan rings is 1. The lowest BCUT2D eigenvalue weighted by Crippen LogP contribution is -2.10. The van der Waals surface area contributed by atoms with Gasteiger partial charge in [-0.25, -0.2) is 0 Å². The lowest BCUT2D eigenvalue weighted by molar-refractivity contribution is 0.669. The van der Waals surface area contributed by atoms with Crippen molar-refractivity contribution in [3.05, 3.63) is 138 Å². The molecule has 0 spiro atoms. The van der Waals surface area contributed by atoms with Gasteiger partial charge in [0.1, 0.15) is 5.58 Å². The Morgan fingerprint density at radius 1 is 0.512 bits per heavy atom. The fourth-order valence-electron chi connectivity index (χ4n) is 5.47. The second-order valence-corrected chi connectivity index (χ2v) is 12.5. The molecule has 0 N–H and O–H groups in total. The summed E-state index contributed by atoms with van der Waals surface area (Å²) in [6, 6.07) is 46.7. The summed E-state index contributed by atoms with van der Waals surface area (Å²) >= 11 is 10.7. The summed E-state index contributed by atoms with van der Waals surface area (Å²) in [5.74, 6) is 0. The average Bonchev–Trinajstić information content (AvgIpc) is 3.41. The molecule has 0 radical (unpaired) electrons. The summed E-state index contributed by atoms with van der Waals surface area (Å²) in [6.45, 7) is 0. The van der Waals surface area contributed by atoms with E-state index in [-0.39, 0.29) is 0 Å². The molecule has 7 aromatic rings. The molecule has 0 fully saturated rings. The van der Waals surface area contributed by atoms with Gasteiger partial charge >= 0.3 is 0 Å². The van der Waals surface area contributed by atoms with Crippen LogP contribution in [0.3, 0.4) is 0 Å². The van der Waals surface area contributed by atoms with Crippen LogP contribution in [-0.2, 0) is 0 Å². The highest BCUT2D eigenvalue weighted by Crippen LogP contribution is 2.50. The Kier molecular flexibility index (Phi) is 6.07. The molecule has 1 aliphatic heterocycles. The van der Waals surface area contributed by atoms with Gasteiger partial charge in [-0.05, 0) is 72.3 Å². The predicted octanol–water partition coefficient (Wildman–Crippen LogP) is 12.0. The van der Waals surface area contributed by atoms with E-state index in [0.717, 1.165) is 50.1 Å². The van der Waals surface area contributed by atoms with Crippen LogP contribution in [0.25, 0.3) is 33.1 Å². The Morgan fingerprint density at radius 2 is 1.20 bits per heavy atom.